The van der Waals surface area contributed by atoms with Crippen LogP contribution >= 0.6 is 11.3 Å². The molecule has 0 bridgehead atoms. The van der Waals surface area contributed by atoms with Crippen molar-refractivity contribution in [3.63, 3.8) is 0 Å². The van der Waals surface area contributed by atoms with Crippen molar-refractivity contribution in [2.75, 3.05) is 0 Å². The van der Waals surface area contributed by atoms with E-state index in [1.165, 1.54) is 30.1 Å². The van der Waals surface area contributed by atoms with Gasteiger partial charge < -0.3 is 9.40 Å². The first-order chi connectivity index (χ1) is 20.9. The smallest absolute Gasteiger partial charge is 0 e. The Morgan fingerprint density at radius 1 is 0.727 bits per heavy atom. The zero-order valence-electron chi connectivity index (χ0n) is 24.9. The second-order valence-electron chi connectivity index (χ2n) is 11.8. The van der Waals surface area contributed by atoms with Crippen LogP contribution in [-0.2, 0) is 20.1 Å². The predicted octanol–water partition coefficient (Wildman–Crippen LogP) is 10.2. The number of nitrogens with zero attached hydrogens (tertiary/aromatic N) is 2. The van der Waals surface area contributed by atoms with Gasteiger partial charge in [-0.2, -0.15) is 0 Å². The Bertz CT molecular complexity index is 2230. The van der Waals surface area contributed by atoms with Gasteiger partial charge in [-0.05, 0) is 17.8 Å². The number of rotatable bonds is 3. The molecule has 0 aliphatic heterocycles. The molecular formula is C38H30GeIrN2OS-2. The van der Waals surface area contributed by atoms with E-state index in [2.05, 4.69) is 95.9 Å². The molecule has 0 aliphatic rings. The molecule has 0 atom stereocenters. The molecule has 0 unspecified atom stereocenters. The van der Waals surface area contributed by atoms with Crippen LogP contribution in [0.1, 0.15) is 5.56 Å². The number of furan rings is 1. The van der Waals surface area contributed by atoms with Gasteiger partial charge in [0.25, 0.3) is 0 Å². The summed E-state index contributed by atoms with van der Waals surface area (Å²) in [5.74, 6) is 7.14. The predicted molar refractivity (Wildman–Crippen MR) is 185 cm³/mol. The molecule has 219 valence electrons. The van der Waals surface area contributed by atoms with Crippen molar-refractivity contribution in [3.8, 4) is 22.5 Å². The third-order valence-corrected chi connectivity index (χ3v) is 13.2. The number of thiophene rings is 1. The minimum atomic E-state index is -1.72. The number of fused-ring (bicyclic) bond motifs is 6. The summed E-state index contributed by atoms with van der Waals surface area (Å²) in [5, 5.41) is 4.76. The largest absolute Gasteiger partial charge is 0 e. The quantitative estimate of drug-likeness (QED) is 0.132. The van der Waals surface area contributed by atoms with Crippen molar-refractivity contribution < 1.29 is 24.5 Å². The van der Waals surface area contributed by atoms with Gasteiger partial charge >= 0.3 is 99.8 Å². The SMILES string of the molecule is Cc1c[c-]c(-c2cc3sc4ccccc4c3cn2)c2oc3ccccc3c12.[CH3][Ge]([CH3])([CH3])[c]1ccc(-c2[c-]cccc2)nc1.[Ir]. The summed E-state index contributed by atoms with van der Waals surface area (Å²) in [6.07, 6.45) is 4.02. The molecule has 3 nitrogen and oxygen atoms in total. The fraction of sp³-hybridized carbons (Fsp3) is 0.105. The maximum absolute atomic E-state index is 6.22. The van der Waals surface area contributed by atoms with Gasteiger partial charge in [-0.15, -0.1) is 29.0 Å². The van der Waals surface area contributed by atoms with Crippen LogP contribution < -0.4 is 4.40 Å². The van der Waals surface area contributed by atoms with Gasteiger partial charge in [0.05, 0.1) is 5.58 Å². The van der Waals surface area contributed by atoms with Gasteiger partial charge in [0.15, 0.2) is 0 Å². The van der Waals surface area contributed by atoms with Crippen LogP contribution in [0, 0.1) is 19.1 Å². The van der Waals surface area contributed by atoms with Gasteiger partial charge in [0, 0.05) is 51.9 Å². The first kappa shape index (κ1) is 30.4. The van der Waals surface area contributed by atoms with E-state index >= 15 is 0 Å². The van der Waals surface area contributed by atoms with Crippen LogP contribution in [0.3, 0.4) is 0 Å². The Hall–Kier alpha value is -3.61. The average Bonchev–Trinajstić information content (AvgIpc) is 3.61. The zero-order valence-corrected chi connectivity index (χ0v) is 30.2. The van der Waals surface area contributed by atoms with Crippen molar-refractivity contribution in [1.82, 2.24) is 9.97 Å². The van der Waals surface area contributed by atoms with E-state index in [0.29, 0.717) is 0 Å². The van der Waals surface area contributed by atoms with Crippen LogP contribution in [-0.4, -0.2) is 23.2 Å². The molecule has 4 heterocycles. The second-order valence-corrected chi connectivity index (χ2v) is 23.5. The number of pyridine rings is 2. The standard InChI is InChI=1S/C24H14NOS.C14H16GeN.Ir/c1-14-10-11-16(24-23(14)17-7-2-4-8-20(17)26-24)19-12-22-18(13-25-19)15-6-3-5-9-21(15)27-22;1-15(2,3)13-9-10-14(16-11-13)12-7-5-4-6-8-12;/h2-10,12-13H,1H3;4-7,9-11H,1-3H3;/q2*-1;. The van der Waals surface area contributed by atoms with E-state index in [1.54, 1.807) is 11.3 Å². The maximum atomic E-state index is 6.22. The van der Waals surface area contributed by atoms with E-state index in [9.17, 15) is 0 Å². The number of hydrogen-bond acceptors (Lipinski definition) is 4. The average molecular weight is 828 g/mol. The molecule has 0 spiro atoms. The number of hydrogen-bond donors (Lipinski definition) is 0. The Kier molecular flexibility index (Phi) is 8.58. The molecule has 0 amide bonds. The normalized spacial score (nSPS) is 11.5. The summed E-state index contributed by atoms with van der Waals surface area (Å²) < 4.78 is 10.2. The van der Waals surface area contributed by atoms with Crippen molar-refractivity contribution in [3.05, 3.63) is 127 Å². The summed E-state index contributed by atoms with van der Waals surface area (Å²) in [6, 6.07) is 39.7. The van der Waals surface area contributed by atoms with Gasteiger partial charge in [-0.3, -0.25) is 0 Å². The van der Waals surface area contributed by atoms with Crippen LogP contribution in [0.25, 0.3) is 64.6 Å². The van der Waals surface area contributed by atoms with E-state index in [1.807, 2.05) is 54.9 Å². The fourth-order valence-electron chi connectivity index (χ4n) is 5.43. The molecule has 1 radical (unpaired) electrons. The molecule has 0 saturated carbocycles. The van der Waals surface area contributed by atoms with E-state index in [0.717, 1.165) is 44.5 Å². The third-order valence-electron chi connectivity index (χ3n) is 7.78. The minimum absolute atomic E-state index is 0. The number of aromatic nitrogens is 2. The number of para-hydroxylation sites is 1. The number of benzene rings is 4. The maximum Gasteiger partial charge on any atom is 0 e. The van der Waals surface area contributed by atoms with E-state index < -0.39 is 13.3 Å². The van der Waals surface area contributed by atoms with Gasteiger partial charge in [-0.1, -0.05) is 60.3 Å². The van der Waals surface area contributed by atoms with Gasteiger partial charge in [0.2, 0.25) is 0 Å². The van der Waals surface area contributed by atoms with Crippen molar-refractivity contribution >= 4 is 71.1 Å². The Morgan fingerprint density at radius 3 is 2.23 bits per heavy atom. The molecule has 0 fully saturated rings. The molecular weight excluding hydrogens is 797 g/mol. The molecule has 0 saturated heterocycles. The topological polar surface area (TPSA) is 38.9 Å². The van der Waals surface area contributed by atoms with Crippen LogP contribution in [0.5, 0.6) is 0 Å². The third kappa shape index (κ3) is 5.78. The second kappa shape index (κ2) is 12.4. The molecule has 6 heteroatoms. The van der Waals surface area contributed by atoms with Crippen LogP contribution in [0.4, 0.5) is 0 Å². The monoisotopic (exact) mass is 829 g/mol. The van der Waals surface area contributed by atoms with Crippen molar-refractivity contribution in [2.45, 2.75) is 24.2 Å². The summed E-state index contributed by atoms with van der Waals surface area (Å²) in [6.45, 7) is 2.10. The Balaban J connectivity index is 0.000000174. The molecule has 44 heavy (non-hydrogen) atoms. The molecule has 0 N–H and O–H groups in total. The first-order valence-electron chi connectivity index (χ1n) is 14.4. The van der Waals surface area contributed by atoms with Crippen molar-refractivity contribution in [2.24, 2.45) is 0 Å². The summed E-state index contributed by atoms with van der Waals surface area (Å²) in [7, 11) is 0. The van der Waals surface area contributed by atoms with Crippen LogP contribution in [0.15, 0.2) is 114 Å². The molecule has 4 aromatic carbocycles. The first-order valence-corrected chi connectivity index (χ1v) is 22.6. The summed E-state index contributed by atoms with van der Waals surface area (Å²) in [5.41, 5.74) is 6.83. The summed E-state index contributed by atoms with van der Waals surface area (Å²) in [4.78, 5) is 9.30. The van der Waals surface area contributed by atoms with Gasteiger partial charge in [0.1, 0.15) is 5.58 Å². The van der Waals surface area contributed by atoms with Gasteiger partial charge in [-0.25, -0.2) is 0 Å². The fourth-order valence-corrected chi connectivity index (χ4v) is 8.71. The minimum Gasteiger partial charge on any atom is 0 e. The molecule has 8 rings (SSSR count). The Labute approximate surface area is 277 Å². The van der Waals surface area contributed by atoms with Crippen LogP contribution in [0.2, 0.25) is 17.3 Å². The Morgan fingerprint density at radius 2 is 1.48 bits per heavy atom. The molecule has 0 aliphatic carbocycles. The molecule has 4 aromatic heterocycles. The van der Waals surface area contributed by atoms with Crippen molar-refractivity contribution in [1.29, 1.82) is 0 Å². The molecule has 8 aromatic rings. The zero-order chi connectivity index (χ0) is 29.6. The van der Waals surface area contributed by atoms with E-state index in [-0.39, 0.29) is 20.1 Å². The van der Waals surface area contributed by atoms with E-state index in [4.69, 9.17) is 9.40 Å². The summed E-state index contributed by atoms with van der Waals surface area (Å²) >= 11 is 0.0837. The number of aryl methyl sites for hydroxylation is 1.